The van der Waals surface area contributed by atoms with E-state index in [0.29, 0.717) is 6.54 Å². The number of likely N-dealkylation sites (N-methyl/N-ethyl adjacent to an activating group) is 1. The molecule has 16 heavy (non-hydrogen) atoms. The van der Waals surface area contributed by atoms with Gasteiger partial charge in [0.15, 0.2) is 0 Å². The Morgan fingerprint density at radius 2 is 2.25 bits per heavy atom. The van der Waals surface area contributed by atoms with Gasteiger partial charge in [0, 0.05) is 18.7 Å². The van der Waals surface area contributed by atoms with Crippen LogP contribution in [0.3, 0.4) is 0 Å². The highest BCUT2D eigenvalue weighted by molar-refractivity contribution is 5.20. The first kappa shape index (κ1) is 13.0. The van der Waals surface area contributed by atoms with Crippen LogP contribution in [0.1, 0.15) is 30.9 Å². The molecule has 1 rings (SSSR count). The number of nitrogens with two attached hydrogens (primary N) is 1. The van der Waals surface area contributed by atoms with Crippen molar-refractivity contribution < 1.29 is 4.42 Å². The van der Waals surface area contributed by atoms with Crippen molar-refractivity contribution in [3.63, 3.8) is 0 Å². The maximum absolute atomic E-state index is 5.55. The normalized spacial score (nSPS) is 11.1. The summed E-state index contributed by atoms with van der Waals surface area (Å²) in [7, 11) is 0. The maximum atomic E-state index is 5.55. The molecule has 90 valence electrons. The molecule has 2 N–H and O–H groups in total. The summed E-state index contributed by atoms with van der Waals surface area (Å²) in [4.78, 5) is 2.33. The molecule has 0 spiro atoms. The van der Waals surface area contributed by atoms with Crippen molar-refractivity contribution in [3.8, 4) is 0 Å². The van der Waals surface area contributed by atoms with Gasteiger partial charge in [-0.15, -0.1) is 0 Å². The highest BCUT2D eigenvalue weighted by atomic mass is 16.3. The Kier molecular flexibility index (Phi) is 4.77. The van der Waals surface area contributed by atoms with E-state index in [9.17, 15) is 0 Å². The number of rotatable bonds is 6. The second-order valence-corrected chi connectivity index (χ2v) is 4.26. The SMILES string of the molecule is C=C(C)CN(CC)Cc1cc(CN)oc1C. The first-order valence-electron chi connectivity index (χ1n) is 5.71. The molecule has 0 aliphatic heterocycles. The van der Waals surface area contributed by atoms with Crippen LogP contribution in [0.4, 0.5) is 0 Å². The molecule has 1 heterocycles. The van der Waals surface area contributed by atoms with Crippen LogP contribution in [-0.2, 0) is 13.1 Å². The van der Waals surface area contributed by atoms with E-state index in [-0.39, 0.29) is 0 Å². The lowest BCUT2D eigenvalue weighted by Gasteiger charge is -2.19. The minimum atomic E-state index is 0.466. The maximum Gasteiger partial charge on any atom is 0.118 e. The topological polar surface area (TPSA) is 42.4 Å². The van der Waals surface area contributed by atoms with Gasteiger partial charge in [0.25, 0.3) is 0 Å². The van der Waals surface area contributed by atoms with Crippen LogP contribution in [0.2, 0.25) is 0 Å². The quantitative estimate of drug-likeness (QED) is 0.752. The van der Waals surface area contributed by atoms with E-state index in [4.69, 9.17) is 10.2 Å². The molecule has 0 amide bonds. The fourth-order valence-corrected chi connectivity index (χ4v) is 1.75. The fraction of sp³-hybridized carbons (Fsp3) is 0.538. The van der Waals surface area contributed by atoms with Gasteiger partial charge in [-0.3, -0.25) is 4.90 Å². The van der Waals surface area contributed by atoms with Crippen LogP contribution in [0.5, 0.6) is 0 Å². The average molecular weight is 222 g/mol. The fourth-order valence-electron chi connectivity index (χ4n) is 1.75. The predicted molar refractivity (Wildman–Crippen MR) is 67.1 cm³/mol. The van der Waals surface area contributed by atoms with E-state index in [2.05, 4.69) is 31.4 Å². The molecule has 0 bridgehead atoms. The van der Waals surface area contributed by atoms with E-state index >= 15 is 0 Å². The van der Waals surface area contributed by atoms with Crippen LogP contribution in [0.15, 0.2) is 22.6 Å². The summed E-state index contributed by atoms with van der Waals surface area (Å²) < 4.78 is 5.54. The highest BCUT2D eigenvalue weighted by Gasteiger charge is 2.10. The largest absolute Gasteiger partial charge is 0.465 e. The molecule has 3 heteroatoms. The van der Waals surface area contributed by atoms with Crippen LogP contribution in [0, 0.1) is 6.92 Å². The van der Waals surface area contributed by atoms with Crippen LogP contribution in [-0.4, -0.2) is 18.0 Å². The van der Waals surface area contributed by atoms with E-state index in [0.717, 1.165) is 31.2 Å². The van der Waals surface area contributed by atoms with Crippen LogP contribution >= 0.6 is 0 Å². The summed E-state index contributed by atoms with van der Waals surface area (Å²) in [6, 6.07) is 2.05. The van der Waals surface area contributed by atoms with Crippen molar-refractivity contribution >= 4 is 0 Å². The molecular weight excluding hydrogens is 200 g/mol. The summed E-state index contributed by atoms with van der Waals surface area (Å²) in [5.74, 6) is 1.83. The van der Waals surface area contributed by atoms with Crippen molar-refractivity contribution in [2.24, 2.45) is 5.73 Å². The van der Waals surface area contributed by atoms with Crippen molar-refractivity contribution in [1.82, 2.24) is 4.90 Å². The van der Waals surface area contributed by atoms with E-state index in [1.54, 1.807) is 0 Å². The number of hydrogen-bond donors (Lipinski definition) is 1. The van der Waals surface area contributed by atoms with Gasteiger partial charge in [0.1, 0.15) is 11.5 Å². The molecule has 0 fully saturated rings. The Morgan fingerprint density at radius 3 is 2.69 bits per heavy atom. The average Bonchev–Trinajstić information content (AvgIpc) is 2.58. The molecule has 0 saturated carbocycles. The van der Waals surface area contributed by atoms with Gasteiger partial charge >= 0.3 is 0 Å². The third-order valence-electron chi connectivity index (χ3n) is 2.61. The predicted octanol–water partition coefficient (Wildman–Crippen LogP) is 2.44. The number of hydrogen-bond acceptors (Lipinski definition) is 3. The van der Waals surface area contributed by atoms with Gasteiger partial charge in [0.05, 0.1) is 6.54 Å². The van der Waals surface area contributed by atoms with Gasteiger partial charge in [-0.25, -0.2) is 0 Å². The van der Waals surface area contributed by atoms with Gasteiger partial charge in [-0.1, -0.05) is 19.1 Å². The molecule has 1 aromatic rings. The lowest BCUT2D eigenvalue weighted by Crippen LogP contribution is -2.24. The molecule has 0 aliphatic rings. The minimum Gasteiger partial charge on any atom is -0.465 e. The summed E-state index contributed by atoms with van der Waals surface area (Å²) in [5, 5.41) is 0. The number of furan rings is 1. The molecule has 1 aromatic heterocycles. The van der Waals surface area contributed by atoms with Gasteiger partial charge in [-0.2, -0.15) is 0 Å². The third kappa shape index (κ3) is 3.51. The first-order chi connectivity index (χ1) is 7.56. The monoisotopic (exact) mass is 222 g/mol. The smallest absolute Gasteiger partial charge is 0.118 e. The van der Waals surface area contributed by atoms with E-state index < -0.39 is 0 Å². The number of aryl methyl sites for hydroxylation is 1. The van der Waals surface area contributed by atoms with Crippen molar-refractivity contribution in [3.05, 3.63) is 35.3 Å². The Morgan fingerprint density at radius 1 is 1.56 bits per heavy atom. The molecule has 3 nitrogen and oxygen atoms in total. The second-order valence-electron chi connectivity index (χ2n) is 4.26. The van der Waals surface area contributed by atoms with Crippen molar-refractivity contribution in [2.75, 3.05) is 13.1 Å². The van der Waals surface area contributed by atoms with Gasteiger partial charge in [0.2, 0.25) is 0 Å². The van der Waals surface area contributed by atoms with Gasteiger partial charge < -0.3 is 10.2 Å². The number of nitrogens with zero attached hydrogens (tertiary/aromatic N) is 1. The standard InChI is InChI=1S/C13H22N2O/c1-5-15(8-10(2)3)9-12-6-13(7-14)16-11(12)4/h6H,2,5,7-9,14H2,1,3-4H3. The van der Waals surface area contributed by atoms with Crippen molar-refractivity contribution in [2.45, 2.75) is 33.9 Å². The van der Waals surface area contributed by atoms with Crippen LogP contribution in [0.25, 0.3) is 0 Å². The molecule has 0 aliphatic carbocycles. The Labute approximate surface area is 97.9 Å². The zero-order chi connectivity index (χ0) is 12.1. The lowest BCUT2D eigenvalue weighted by atomic mass is 10.2. The Balaban J connectivity index is 2.69. The summed E-state index contributed by atoms with van der Waals surface area (Å²) >= 11 is 0. The van der Waals surface area contributed by atoms with E-state index in [1.807, 2.05) is 6.92 Å². The highest BCUT2D eigenvalue weighted by Crippen LogP contribution is 2.16. The Bertz CT molecular complexity index is 355. The minimum absolute atomic E-state index is 0.466. The summed E-state index contributed by atoms with van der Waals surface area (Å²) in [6.07, 6.45) is 0. The molecule has 0 radical (unpaired) electrons. The summed E-state index contributed by atoms with van der Waals surface area (Å²) in [6.45, 7) is 13.4. The first-order valence-corrected chi connectivity index (χ1v) is 5.71. The second kappa shape index (κ2) is 5.87. The Hall–Kier alpha value is -1.06. The third-order valence-corrected chi connectivity index (χ3v) is 2.61. The van der Waals surface area contributed by atoms with E-state index in [1.165, 1.54) is 11.1 Å². The molecule has 0 atom stereocenters. The molecular formula is C13H22N2O. The summed E-state index contributed by atoms with van der Waals surface area (Å²) in [5.41, 5.74) is 7.96. The molecule has 0 aromatic carbocycles. The molecule has 0 unspecified atom stereocenters. The van der Waals surface area contributed by atoms with Gasteiger partial charge in [-0.05, 0) is 26.5 Å². The zero-order valence-electron chi connectivity index (χ0n) is 10.5. The van der Waals surface area contributed by atoms with Crippen molar-refractivity contribution in [1.29, 1.82) is 0 Å². The zero-order valence-corrected chi connectivity index (χ0v) is 10.5. The van der Waals surface area contributed by atoms with Crippen LogP contribution < -0.4 is 5.73 Å². The molecule has 0 saturated heterocycles. The lowest BCUT2D eigenvalue weighted by molar-refractivity contribution is 0.302.